The normalized spacial score (nSPS) is 18.6. The molecule has 1 amide bonds. The van der Waals surface area contributed by atoms with E-state index in [0.29, 0.717) is 12.6 Å². The van der Waals surface area contributed by atoms with Gasteiger partial charge in [-0.1, -0.05) is 12.1 Å². The van der Waals surface area contributed by atoms with Crippen LogP contribution in [0, 0.1) is 0 Å². The minimum absolute atomic E-state index is 0.171. The van der Waals surface area contributed by atoms with Gasteiger partial charge >= 0.3 is 6.09 Å². The van der Waals surface area contributed by atoms with Crippen LogP contribution in [0.1, 0.15) is 19.3 Å². The van der Waals surface area contributed by atoms with Gasteiger partial charge in [0.1, 0.15) is 0 Å². The van der Waals surface area contributed by atoms with Crippen molar-refractivity contribution in [2.45, 2.75) is 25.3 Å². The topological polar surface area (TPSA) is 73.5 Å². The van der Waals surface area contributed by atoms with E-state index in [1.54, 1.807) is 11.1 Å². The molecule has 0 spiro atoms. The maximum atomic E-state index is 11.7. The molecule has 2 N–H and O–H groups in total. The lowest BCUT2D eigenvalue weighted by Crippen LogP contribution is -2.46. The van der Waals surface area contributed by atoms with Gasteiger partial charge in [-0.2, -0.15) is 5.10 Å². The van der Waals surface area contributed by atoms with E-state index in [9.17, 15) is 4.79 Å². The summed E-state index contributed by atoms with van der Waals surface area (Å²) in [6.07, 6.45) is 4.76. The van der Waals surface area contributed by atoms with Gasteiger partial charge in [0, 0.05) is 56.2 Å². The zero-order valence-electron chi connectivity index (χ0n) is 15.6. The second-order valence-corrected chi connectivity index (χ2v) is 7.19. The number of carbonyl (C=O) groups excluding carboxylic acids is 1. The molecule has 2 fully saturated rings. The Morgan fingerprint density at radius 2 is 2.11 bits per heavy atom. The highest BCUT2D eigenvalue weighted by Crippen LogP contribution is 2.25. The molecule has 2 saturated heterocycles. The third-order valence-corrected chi connectivity index (χ3v) is 5.39. The third kappa shape index (κ3) is 4.42. The Kier molecular flexibility index (Phi) is 5.58. The molecule has 27 heavy (non-hydrogen) atoms. The number of hydrogen-bond acceptors (Lipinski definition) is 5. The van der Waals surface area contributed by atoms with Crippen LogP contribution < -0.4 is 10.2 Å². The summed E-state index contributed by atoms with van der Waals surface area (Å²) in [5.74, 6) is 0. The monoisotopic (exact) mass is 369 g/mol. The molecule has 2 aliphatic rings. The molecule has 1 aromatic carbocycles. The summed E-state index contributed by atoms with van der Waals surface area (Å²) in [5.41, 5.74) is 3.47. The van der Waals surface area contributed by atoms with Gasteiger partial charge in [-0.3, -0.25) is 5.10 Å². The highest BCUT2D eigenvalue weighted by molar-refractivity contribution is 5.68. The number of anilines is 1. The van der Waals surface area contributed by atoms with Crippen molar-refractivity contribution in [3.8, 4) is 11.3 Å². The second kappa shape index (κ2) is 8.43. The van der Waals surface area contributed by atoms with Crippen molar-refractivity contribution in [2.24, 2.45) is 0 Å². The Morgan fingerprint density at radius 1 is 1.22 bits per heavy atom. The maximum Gasteiger partial charge on any atom is 0.409 e. The molecule has 144 valence electrons. The Hall–Kier alpha value is -2.54. The number of piperidine rings is 1. The van der Waals surface area contributed by atoms with E-state index < -0.39 is 0 Å². The predicted octanol–water partition coefficient (Wildman–Crippen LogP) is 2.48. The quantitative estimate of drug-likeness (QED) is 0.818. The zero-order valence-corrected chi connectivity index (χ0v) is 15.6. The summed E-state index contributed by atoms with van der Waals surface area (Å²) in [7, 11) is 0. The molecule has 0 saturated carbocycles. The number of benzene rings is 1. The van der Waals surface area contributed by atoms with Crippen molar-refractivity contribution >= 4 is 11.8 Å². The fourth-order valence-electron chi connectivity index (χ4n) is 3.83. The summed E-state index contributed by atoms with van der Waals surface area (Å²) in [5, 5.41) is 10.7. The van der Waals surface area contributed by atoms with E-state index in [-0.39, 0.29) is 6.09 Å². The van der Waals surface area contributed by atoms with Crippen molar-refractivity contribution in [2.75, 3.05) is 44.2 Å². The first-order chi connectivity index (χ1) is 13.3. The van der Waals surface area contributed by atoms with E-state index in [4.69, 9.17) is 4.74 Å². The number of nitrogens with one attached hydrogen (secondary N) is 2. The molecule has 4 rings (SSSR count). The number of hydrogen-bond donors (Lipinski definition) is 2. The lowest BCUT2D eigenvalue weighted by Gasteiger charge is -2.35. The lowest BCUT2D eigenvalue weighted by molar-refractivity contribution is 0.0729. The van der Waals surface area contributed by atoms with Gasteiger partial charge in [0.25, 0.3) is 0 Å². The first-order valence-electron chi connectivity index (χ1n) is 9.79. The average Bonchev–Trinajstić information content (AvgIpc) is 3.25. The molecule has 2 aliphatic heterocycles. The number of aromatic amines is 1. The number of aromatic nitrogens is 2. The Bertz CT molecular complexity index is 741. The molecule has 0 atom stereocenters. The lowest BCUT2D eigenvalue weighted by atomic mass is 10.0. The van der Waals surface area contributed by atoms with E-state index in [0.717, 1.165) is 57.7 Å². The molecule has 7 nitrogen and oxygen atoms in total. The smallest absolute Gasteiger partial charge is 0.409 e. The van der Waals surface area contributed by atoms with Crippen LogP contribution in [-0.2, 0) is 4.74 Å². The Labute approximate surface area is 159 Å². The van der Waals surface area contributed by atoms with Crippen molar-refractivity contribution < 1.29 is 9.53 Å². The van der Waals surface area contributed by atoms with Crippen molar-refractivity contribution in [1.29, 1.82) is 0 Å². The Balaban J connectivity index is 1.24. The van der Waals surface area contributed by atoms with Crippen molar-refractivity contribution in [3.05, 3.63) is 36.5 Å². The van der Waals surface area contributed by atoms with E-state index in [1.165, 1.54) is 11.3 Å². The van der Waals surface area contributed by atoms with Gasteiger partial charge < -0.3 is 19.9 Å². The van der Waals surface area contributed by atoms with Gasteiger partial charge in [0.05, 0.1) is 12.3 Å². The van der Waals surface area contributed by atoms with Crippen molar-refractivity contribution in [3.63, 3.8) is 0 Å². The van der Waals surface area contributed by atoms with Gasteiger partial charge in [-0.05, 0) is 37.5 Å². The fraction of sp³-hybridized carbons (Fsp3) is 0.500. The summed E-state index contributed by atoms with van der Waals surface area (Å²) >= 11 is 0. The Morgan fingerprint density at radius 3 is 2.89 bits per heavy atom. The van der Waals surface area contributed by atoms with E-state index >= 15 is 0 Å². The number of amides is 1. The number of H-pyrrole nitrogens is 1. The minimum Gasteiger partial charge on any atom is -0.449 e. The summed E-state index contributed by atoms with van der Waals surface area (Å²) in [6.45, 7) is 5.00. The van der Waals surface area contributed by atoms with E-state index in [2.05, 4.69) is 44.7 Å². The first-order valence-corrected chi connectivity index (χ1v) is 9.79. The van der Waals surface area contributed by atoms with E-state index in [1.807, 2.05) is 6.07 Å². The average molecular weight is 369 g/mol. The molecular weight excluding hydrogens is 342 g/mol. The molecule has 3 heterocycles. The molecule has 2 aromatic rings. The molecular formula is C20H27N5O2. The number of rotatable bonds is 6. The molecule has 0 radical (unpaired) electrons. The largest absolute Gasteiger partial charge is 0.449 e. The molecule has 0 aliphatic carbocycles. The van der Waals surface area contributed by atoms with Crippen LogP contribution in [0.15, 0.2) is 36.5 Å². The number of carbonyl (C=O) groups is 1. The van der Waals surface area contributed by atoms with Gasteiger partial charge in [0.15, 0.2) is 0 Å². The highest BCUT2D eigenvalue weighted by atomic mass is 16.6. The molecule has 7 heteroatoms. The minimum atomic E-state index is -0.171. The third-order valence-electron chi connectivity index (χ3n) is 5.39. The predicted molar refractivity (Wildman–Crippen MR) is 105 cm³/mol. The number of ether oxygens (including phenoxy) is 1. The van der Waals surface area contributed by atoms with Crippen LogP contribution in [0.2, 0.25) is 0 Å². The maximum absolute atomic E-state index is 11.7. The molecule has 0 unspecified atom stereocenters. The van der Waals surface area contributed by atoms with Crippen LogP contribution in [0.25, 0.3) is 11.3 Å². The van der Waals surface area contributed by atoms with Gasteiger partial charge in [-0.25, -0.2) is 4.79 Å². The van der Waals surface area contributed by atoms with Gasteiger partial charge in [-0.15, -0.1) is 0 Å². The number of cyclic esters (lactones) is 1. The van der Waals surface area contributed by atoms with Crippen LogP contribution >= 0.6 is 0 Å². The zero-order chi connectivity index (χ0) is 18.5. The number of nitrogens with zero attached hydrogens (tertiary/aromatic N) is 3. The first kappa shape index (κ1) is 17.9. The summed E-state index contributed by atoms with van der Waals surface area (Å²) in [4.78, 5) is 15.9. The van der Waals surface area contributed by atoms with Crippen LogP contribution in [0.4, 0.5) is 10.5 Å². The highest BCUT2D eigenvalue weighted by Gasteiger charge is 2.22. The molecule has 0 bridgehead atoms. The van der Waals surface area contributed by atoms with Crippen LogP contribution in [-0.4, -0.2) is 66.6 Å². The fourth-order valence-corrected chi connectivity index (χ4v) is 3.83. The van der Waals surface area contributed by atoms with Crippen LogP contribution in [0.3, 0.4) is 0 Å². The summed E-state index contributed by atoms with van der Waals surface area (Å²) < 4.78 is 5.08. The molecule has 1 aromatic heterocycles. The second-order valence-electron chi connectivity index (χ2n) is 7.19. The van der Waals surface area contributed by atoms with Crippen LogP contribution in [0.5, 0.6) is 0 Å². The SMILES string of the molecule is O=C1OCCCN1CCNC1CCN(c2cccc(-c3ccn[nH]3)c2)CC1. The standard InChI is InChI=1S/C20H27N5O2/c26-20-25(10-2-14-27-20)13-9-21-17-6-11-24(12-7-17)18-4-1-3-16(15-18)19-5-8-22-23-19/h1,3-5,8,15,17,21H,2,6-7,9-14H2,(H,22,23). The summed E-state index contributed by atoms with van der Waals surface area (Å²) in [6, 6.07) is 11.1. The van der Waals surface area contributed by atoms with Gasteiger partial charge in [0.2, 0.25) is 0 Å². The van der Waals surface area contributed by atoms with Crippen molar-refractivity contribution in [1.82, 2.24) is 20.4 Å².